The molecule has 2 aromatic carbocycles. The van der Waals surface area contributed by atoms with Gasteiger partial charge in [0.15, 0.2) is 14.6 Å². The number of fused-ring (bicyclic) bond motifs is 1. The predicted octanol–water partition coefficient (Wildman–Crippen LogP) is 4.61. The second-order valence-electron chi connectivity index (χ2n) is 7.47. The normalized spacial score (nSPS) is 12.8. The molecule has 0 fully saturated rings. The van der Waals surface area contributed by atoms with Crippen LogP contribution in [0.5, 0.6) is 0 Å². The molecule has 160 valence electrons. The van der Waals surface area contributed by atoms with Crippen molar-refractivity contribution in [1.29, 1.82) is 0 Å². The number of nitrogens with zero attached hydrogens (tertiary/aromatic N) is 2. The minimum atomic E-state index is -3.46. The van der Waals surface area contributed by atoms with Crippen molar-refractivity contribution in [2.45, 2.75) is 44.4 Å². The number of hydrogen-bond donors (Lipinski definition) is 0. The van der Waals surface area contributed by atoms with Crippen LogP contribution in [0.1, 0.15) is 35.3 Å². The van der Waals surface area contributed by atoms with Gasteiger partial charge in [-0.25, -0.2) is 8.42 Å². The highest BCUT2D eigenvalue weighted by atomic mass is 32.2. The highest BCUT2D eigenvalue weighted by Gasteiger charge is 2.20. The van der Waals surface area contributed by atoms with Gasteiger partial charge in [-0.1, -0.05) is 17.4 Å². The molecule has 0 atom stereocenters. The zero-order valence-corrected chi connectivity index (χ0v) is 20.2. The van der Waals surface area contributed by atoms with Crippen LogP contribution in [0.2, 0.25) is 0 Å². The van der Waals surface area contributed by atoms with Crippen LogP contribution >= 0.6 is 23.1 Å². The summed E-state index contributed by atoms with van der Waals surface area (Å²) in [5.41, 5.74) is 3.74. The van der Waals surface area contributed by atoms with E-state index in [1.807, 2.05) is 6.26 Å². The summed E-state index contributed by atoms with van der Waals surface area (Å²) in [5.74, 6) is 0.469. The minimum absolute atomic E-state index is 0.149. The topological polar surface area (TPSA) is 68.5 Å². The number of carbonyl (C=O) groups excluding carboxylic acids is 1. The van der Waals surface area contributed by atoms with E-state index in [2.05, 4.69) is 35.5 Å². The Morgan fingerprint density at radius 1 is 1.17 bits per heavy atom. The summed E-state index contributed by atoms with van der Waals surface area (Å²) in [5, 5.41) is -0.553. The third-order valence-corrected chi connectivity index (χ3v) is 8.83. The third-order valence-electron chi connectivity index (χ3n) is 5.04. The molecule has 0 saturated heterocycles. The van der Waals surface area contributed by atoms with E-state index in [4.69, 9.17) is 0 Å². The average Bonchev–Trinajstić information content (AvgIpc) is 3.02. The lowest BCUT2D eigenvalue weighted by Gasteiger charge is -2.08. The molecule has 3 aromatic rings. The number of sulfone groups is 1. The fourth-order valence-corrected chi connectivity index (χ4v) is 5.64. The zero-order chi connectivity index (χ0) is 22.1. The Bertz CT molecular complexity index is 1270. The van der Waals surface area contributed by atoms with Gasteiger partial charge in [-0.2, -0.15) is 16.8 Å². The van der Waals surface area contributed by atoms with E-state index in [1.54, 1.807) is 37.7 Å². The average molecular weight is 463 g/mol. The van der Waals surface area contributed by atoms with Gasteiger partial charge < -0.3 is 4.57 Å². The SMILES string of the molecule is CSCCn1c(=NC(=O)c2cccc(S(=O)(=O)C(C)C)c2)sc2cc(C)c(C)cc21. The number of amides is 1. The summed E-state index contributed by atoms with van der Waals surface area (Å²) >= 11 is 3.22. The molecule has 0 N–H and O–H groups in total. The maximum absolute atomic E-state index is 12.9. The van der Waals surface area contributed by atoms with E-state index in [0.717, 1.165) is 22.5 Å². The van der Waals surface area contributed by atoms with Gasteiger partial charge in [-0.05, 0) is 75.4 Å². The van der Waals surface area contributed by atoms with E-state index in [1.165, 1.54) is 34.6 Å². The maximum atomic E-state index is 12.9. The molecule has 3 rings (SSSR count). The van der Waals surface area contributed by atoms with Crippen molar-refractivity contribution < 1.29 is 13.2 Å². The predicted molar refractivity (Wildman–Crippen MR) is 126 cm³/mol. The van der Waals surface area contributed by atoms with Gasteiger partial charge in [0.25, 0.3) is 5.91 Å². The van der Waals surface area contributed by atoms with Gasteiger partial charge in [0.05, 0.1) is 20.4 Å². The Morgan fingerprint density at radius 2 is 1.87 bits per heavy atom. The molecule has 1 aromatic heterocycles. The minimum Gasteiger partial charge on any atom is -0.315 e. The summed E-state index contributed by atoms with van der Waals surface area (Å²) in [7, 11) is -3.46. The lowest BCUT2D eigenvalue weighted by atomic mass is 10.1. The van der Waals surface area contributed by atoms with Crippen molar-refractivity contribution in [2.24, 2.45) is 4.99 Å². The fraction of sp³-hybridized carbons (Fsp3) is 0.364. The smallest absolute Gasteiger partial charge is 0.279 e. The molecule has 30 heavy (non-hydrogen) atoms. The van der Waals surface area contributed by atoms with Crippen LogP contribution in [0.25, 0.3) is 10.2 Å². The van der Waals surface area contributed by atoms with E-state index >= 15 is 0 Å². The molecule has 0 saturated carbocycles. The number of thioether (sulfide) groups is 1. The highest BCUT2D eigenvalue weighted by molar-refractivity contribution is 7.98. The van der Waals surface area contributed by atoms with Gasteiger partial charge in [-0.15, -0.1) is 0 Å². The van der Waals surface area contributed by atoms with E-state index < -0.39 is 21.0 Å². The van der Waals surface area contributed by atoms with E-state index in [0.29, 0.717) is 4.80 Å². The fourth-order valence-electron chi connectivity index (χ4n) is 3.04. The maximum Gasteiger partial charge on any atom is 0.279 e. The first-order chi connectivity index (χ1) is 14.1. The molecular weight excluding hydrogens is 436 g/mol. The first-order valence-corrected chi connectivity index (χ1v) is 13.4. The summed E-state index contributed by atoms with van der Waals surface area (Å²) < 4.78 is 28.1. The molecule has 0 spiro atoms. The lowest BCUT2D eigenvalue weighted by molar-refractivity contribution is 0.0997. The second-order valence-corrected chi connectivity index (χ2v) is 12.0. The van der Waals surface area contributed by atoms with Gasteiger partial charge in [0.1, 0.15) is 0 Å². The summed E-state index contributed by atoms with van der Waals surface area (Å²) in [6.07, 6.45) is 2.05. The Hall–Kier alpha value is -1.90. The van der Waals surface area contributed by atoms with E-state index in [-0.39, 0.29) is 10.5 Å². The zero-order valence-electron chi connectivity index (χ0n) is 17.8. The van der Waals surface area contributed by atoms with Crippen molar-refractivity contribution in [2.75, 3.05) is 12.0 Å². The molecule has 1 amide bonds. The van der Waals surface area contributed by atoms with Crippen LogP contribution in [0.4, 0.5) is 0 Å². The molecular formula is C22H26N2O3S3. The molecule has 5 nitrogen and oxygen atoms in total. The monoisotopic (exact) mass is 462 g/mol. The second kappa shape index (κ2) is 9.08. The van der Waals surface area contributed by atoms with Gasteiger partial charge in [-0.3, -0.25) is 4.79 Å². The first-order valence-electron chi connectivity index (χ1n) is 9.67. The molecule has 0 aliphatic carbocycles. The van der Waals surface area contributed by atoms with Crippen molar-refractivity contribution >= 4 is 49.1 Å². The van der Waals surface area contributed by atoms with Crippen molar-refractivity contribution in [3.63, 3.8) is 0 Å². The molecule has 0 aliphatic rings. The third kappa shape index (κ3) is 4.55. The standard InChI is InChI=1S/C22H26N2O3S3/c1-14(2)30(26,27)18-8-6-7-17(13-18)21(25)23-22-24(9-10-28-5)19-11-15(3)16(4)12-20(19)29-22/h6-8,11-14H,9-10H2,1-5H3. The quantitative estimate of drug-likeness (QED) is 0.537. The number of benzene rings is 2. The lowest BCUT2D eigenvalue weighted by Crippen LogP contribution is -2.18. The van der Waals surface area contributed by atoms with Crippen molar-refractivity contribution in [3.05, 3.63) is 57.9 Å². The molecule has 0 radical (unpaired) electrons. The van der Waals surface area contributed by atoms with Gasteiger partial charge in [0, 0.05) is 17.9 Å². The number of aryl methyl sites for hydroxylation is 3. The van der Waals surface area contributed by atoms with Crippen LogP contribution in [-0.4, -0.2) is 36.2 Å². The van der Waals surface area contributed by atoms with Crippen LogP contribution in [0.15, 0.2) is 46.3 Å². The highest BCUT2D eigenvalue weighted by Crippen LogP contribution is 2.23. The molecule has 1 heterocycles. The Balaban J connectivity index is 2.11. The van der Waals surface area contributed by atoms with Crippen LogP contribution < -0.4 is 4.80 Å². The molecule has 0 unspecified atom stereocenters. The summed E-state index contributed by atoms with van der Waals surface area (Å²) in [6.45, 7) is 8.16. The number of carbonyl (C=O) groups is 1. The molecule has 8 heteroatoms. The number of thiazole rings is 1. The van der Waals surface area contributed by atoms with E-state index in [9.17, 15) is 13.2 Å². The van der Waals surface area contributed by atoms with Gasteiger partial charge in [0.2, 0.25) is 0 Å². The summed E-state index contributed by atoms with van der Waals surface area (Å²) in [6, 6.07) is 10.4. The van der Waals surface area contributed by atoms with Gasteiger partial charge >= 0.3 is 0 Å². The molecule has 0 bridgehead atoms. The van der Waals surface area contributed by atoms with Crippen LogP contribution in [0.3, 0.4) is 0 Å². The Kier molecular flexibility index (Phi) is 6.89. The first kappa shape index (κ1) is 22.8. The Morgan fingerprint density at radius 3 is 2.53 bits per heavy atom. The number of hydrogen-bond acceptors (Lipinski definition) is 5. The summed E-state index contributed by atoms with van der Waals surface area (Å²) in [4.78, 5) is 18.1. The van der Waals surface area contributed by atoms with Crippen LogP contribution in [-0.2, 0) is 16.4 Å². The molecule has 0 aliphatic heterocycles. The Labute approximate surface area is 185 Å². The van der Waals surface area contributed by atoms with Crippen molar-refractivity contribution in [1.82, 2.24) is 4.57 Å². The van der Waals surface area contributed by atoms with Crippen LogP contribution in [0, 0.1) is 13.8 Å². The largest absolute Gasteiger partial charge is 0.315 e. The number of rotatable bonds is 6. The van der Waals surface area contributed by atoms with Crippen molar-refractivity contribution in [3.8, 4) is 0 Å². The number of aromatic nitrogens is 1.